The maximum atomic E-state index is 13.5. The zero-order chi connectivity index (χ0) is 19.2. The molecule has 0 spiro atoms. The summed E-state index contributed by atoms with van der Waals surface area (Å²) in [5, 5.41) is 17.6. The number of carbonyl (C=O) groups is 1. The summed E-state index contributed by atoms with van der Waals surface area (Å²) >= 11 is 0.741. The third-order valence-corrected chi connectivity index (χ3v) is 4.74. The van der Waals surface area contributed by atoms with Gasteiger partial charge in [-0.05, 0) is 22.9 Å². The number of hydrogen-bond donors (Lipinski definition) is 0. The van der Waals surface area contributed by atoms with E-state index in [-0.39, 0.29) is 10.8 Å². The molecule has 0 aliphatic carbocycles. The first-order chi connectivity index (χ1) is 12.8. The van der Waals surface area contributed by atoms with E-state index in [0.29, 0.717) is 10.2 Å². The number of halogens is 3. The van der Waals surface area contributed by atoms with E-state index in [2.05, 4.69) is 10.1 Å². The molecule has 4 rings (SSSR count). The molecule has 0 fully saturated rings. The fourth-order valence-electron chi connectivity index (χ4n) is 2.67. The molecule has 2 aromatic carbocycles. The number of fused-ring (bicyclic) bond motifs is 1. The van der Waals surface area contributed by atoms with Gasteiger partial charge in [-0.25, -0.2) is 9.67 Å². The van der Waals surface area contributed by atoms with Crippen LogP contribution < -0.4 is 5.11 Å². The number of carboxylic acid groups (broad SMARTS) is 1. The summed E-state index contributed by atoms with van der Waals surface area (Å²) in [6.07, 6.45) is -4.69. The molecule has 0 atom stereocenters. The fraction of sp³-hybridized carbons (Fsp3) is 0.0556. The molecule has 136 valence electrons. The second kappa shape index (κ2) is 6.20. The van der Waals surface area contributed by atoms with Gasteiger partial charge in [0.2, 0.25) is 5.13 Å². The number of alkyl halides is 3. The van der Waals surface area contributed by atoms with Crippen molar-refractivity contribution in [3.05, 3.63) is 65.3 Å². The number of aromatic nitrogens is 3. The normalized spacial score (nSPS) is 11.8. The average molecular weight is 388 g/mol. The highest BCUT2D eigenvalue weighted by molar-refractivity contribution is 7.12. The Labute approximate surface area is 154 Å². The van der Waals surface area contributed by atoms with Crippen LogP contribution in [0.5, 0.6) is 0 Å². The summed E-state index contributed by atoms with van der Waals surface area (Å²) in [5.74, 6) is -1.56. The van der Waals surface area contributed by atoms with Gasteiger partial charge in [-0.15, -0.1) is 11.3 Å². The van der Waals surface area contributed by atoms with E-state index in [0.717, 1.165) is 33.6 Å². The molecule has 0 aliphatic rings. The van der Waals surface area contributed by atoms with Crippen LogP contribution in [0, 0.1) is 0 Å². The second-order valence-electron chi connectivity index (χ2n) is 5.69. The molecule has 4 aromatic rings. The van der Waals surface area contributed by atoms with Crippen LogP contribution in [-0.2, 0) is 6.18 Å². The summed E-state index contributed by atoms with van der Waals surface area (Å²) in [5.41, 5.74) is -0.858. The number of benzene rings is 2. The molecule has 0 amide bonds. The molecule has 0 saturated carbocycles. The summed E-state index contributed by atoms with van der Waals surface area (Å²) < 4.78 is 41.0. The first kappa shape index (κ1) is 17.2. The quantitative estimate of drug-likeness (QED) is 0.538. The Morgan fingerprint density at radius 2 is 1.81 bits per heavy atom. The van der Waals surface area contributed by atoms with E-state index in [9.17, 15) is 23.1 Å². The lowest BCUT2D eigenvalue weighted by molar-refractivity contribution is -0.255. The molecule has 27 heavy (non-hydrogen) atoms. The van der Waals surface area contributed by atoms with Crippen molar-refractivity contribution in [3.63, 3.8) is 0 Å². The van der Waals surface area contributed by atoms with Gasteiger partial charge in [-0.1, -0.05) is 36.4 Å². The molecule has 0 unspecified atom stereocenters. The monoisotopic (exact) mass is 388 g/mol. The molecule has 0 saturated heterocycles. The Hall–Kier alpha value is -3.20. The lowest BCUT2D eigenvalue weighted by Crippen LogP contribution is -2.22. The highest BCUT2D eigenvalue weighted by Gasteiger charge is 2.37. The Kier molecular flexibility index (Phi) is 3.96. The number of carbonyl (C=O) groups excluding carboxylic acids is 1. The number of hydrogen-bond acceptors (Lipinski definition) is 5. The minimum atomic E-state index is -4.69. The topological polar surface area (TPSA) is 70.8 Å². The largest absolute Gasteiger partial charge is 0.543 e. The van der Waals surface area contributed by atoms with Crippen molar-refractivity contribution in [2.75, 3.05) is 0 Å². The lowest BCUT2D eigenvalue weighted by Gasteiger charge is -2.07. The lowest BCUT2D eigenvalue weighted by atomic mass is 10.1. The Bertz CT molecular complexity index is 1160. The van der Waals surface area contributed by atoms with E-state index in [1.54, 1.807) is 18.2 Å². The molecular formula is C18H9F3N3O2S-. The van der Waals surface area contributed by atoms with Gasteiger partial charge in [-0.2, -0.15) is 18.3 Å². The number of thiazole rings is 1. The maximum Gasteiger partial charge on any atom is 0.433 e. The predicted molar refractivity (Wildman–Crippen MR) is 91.5 cm³/mol. The first-order valence-electron chi connectivity index (χ1n) is 7.66. The maximum absolute atomic E-state index is 13.5. The van der Waals surface area contributed by atoms with Crippen molar-refractivity contribution in [1.29, 1.82) is 0 Å². The van der Waals surface area contributed by atoms with E-state index in [4.69, 9.17) is 0 Å². The van der Waals surface area contributed by atoms with Gasteiger partial charge in [0, 0.05) is 10.9 Å². The van der Waals surface area contributed by atoms with Crippen LogP contribution in [-0.4, -0.2) is 20.7 Å². The third kappa shape index (κ3) is 3.17. The average Bonchev–Trinajstić information content (AvgIpc) is 3.28. The minimum Gasteiger partial charge on any atom is -0.543 e. The predicted octanol–water partition coefficient (Wildman–Crippen LogP) is 3.53. The molecule has 0 aliphatic heterocycles. The number of rotatable bonds is 3. The zero-order valence-electron chi connectivity index (χ0n) is 13.4. The zero-order valence-corrected chi connectivity index (χ0v) is 14.2. The number of aromatic carboxylic acids is 1. The summed E-state index contributed by atoms with van der Waals surface area (Å²) in [6, 6.07) is 13.6. The fourth-order valence-corrected chi connectivity index (χ4v) is 3.43. The van der Waals surface area contributed by atoms with Crippen LogP contribution in [0.2, 0.25) is 0 Å². The van der Waals surface area contributed by atoms with E-state index < -0.39 is 23.5 Å². The van der Waals surface area contributed by atoms with Crippen LogP contribution in [0.3, 0.4) is 0 Å². The number of carboxylic acids is 1. The van der Waals surface area contributed by atoms with E-state index in [1.165, 1.54) is 0 Å². The highest BCUT2D eigenvalue weighted by atomic mass is 32.1. The van der Waals surface area contributed by atoms with Crippen LogP contribution >= 0.6 is 11.3 Å². The molecule has 0 N–H and O–H groups in total. The van der Waals surface area contributed by atoms with Gasteiger partial charge in [0.25, 0.3) is 0 Å². The minimum absolute atomic E-state index is 0.110. The van der Waals surface area contributed by atoms with Crippen molar-refractivity contribution in [2.45, 2.75) is 6.18 Å². The molecule has 0 bridgehead atoms. The van der Waals surface area contributed by atoms with Gasteiger partial charge in [-0.3, -0.25) is 0 Å². The van der Waals surface area contributed by atoms with Crippen molar-refractivity contribution in [3.8, 4) is 16.4 Å². The van der Waals surface area contributed by atoms with Crippen LogP contribution in [0.15, 0.2) is 53.9 Å². The molecule has 0 radical (unpaired) electrons. The van der Waals surface area contributed by atoms with Gasteiger partial charge >= 0.3 is 6.18 Å². The van der Waals surface area contributed by atoms with E-state index in [1.807, 2.05) is 24.3 Å². The molecular weight excluding hydrogens is 379 g/mol. The van der Waals surface area contributed by atoms with Gasteiger partial charge in [0.05, 0.1) is 17.4 Å². The molecule has 5 nitrogen and oxygen atoms in total. The summed E-state index contributed by atoms with van der Waals surface area (Å²) in [7, 11) is 0. The van der Waals surface area contributed by atoms with Crippen molar-refractivity contribution in [1.82, 2.24) is 14.8 Å². The van der Waals surface area contributed by atoms with Crippen molar-refractivity contribution >= 4 is 28.1 Å². The second-order valence-corrected chi connectivity index (χ2v) is 6.53. The summed E-state index contributed by atoms with van der Waals surface area (Å²) in [6.45, 7) is 0. The summed E-state index contributed by atoms with van der Waals surface area (Å²) in [4.78, 5) is 14.5. The first-order valence-corrected chi connectivity index (χ1v) is 8.54. The van der Waals surface area contributed by atoms with Crippen LogP contribution in [0.25, 0.3) is 27.2 Å². The van der Waals surface area contributed by atoms with Crippen LogP contribution in [0.4, 0.5) is 13.2 Å². The molecule has 2 aromatic heterocycles. The Balaban J connectivity index is 1.86. The van der Waals surface area contributed by atoms with Gasteiger partial charge < -0.3 is 9.90 Å². The smallest absolute Gasteiger partial charge is 0.433 e. The molecule has 2 heterocycles. The molecule has 9 heteroatoms. The highest BCUT2D eigenvalue weighted by Crippen LogP contribution is 2.35. The Morgan fingerprint density at radius 3 is 2.48 bits per heavy atom. The third-order valence-electron chi connectivity index (χ3n) is 3.93. The standard InChI is InChI=1S/C18H10F3N3O2S/c19-18(20,21)15-8-13(12-6-5-10-3-1-2-4-11(10)7-12)23-24(15)17-22-14(9-27-17)16(25)26/h1-9H,(H,25,26)/p-1. The van der Waals surface area contributed by atoms with Gasteiger partial charge in [0.1, 0.15) is 0 Å². The SMILES string of the molecule is O=C([O-])c1csc(-n2nc(-c3ccc4ccccc4c3)cc2C(F)(F)F)n1. The van der Waals surface area contributed by atoms with E-state index >= 15 is 0 Å². The van der Waals surface area contributed by atoms with Crippen molar-refractivity contribution < 1.29 is 23.1 Å². The van der Waals surface area contributed by atoms with Gasteiger partial charge in [0.15, 0.2) is 5.69 Å². The number of nitrogens with zero attached hydrogens (tertiary/aromatic N) is 3. The van der Waals surface area contributed by atoms with Crippen LogP contribution in [0.1, 0.15) is 16.2 Å². The van der Waals surface area contributed by atoms with Crippen molar-refractivity contribution in [2.24, 2.45) is 0 Å². The Morgan fingerprint density at radius 1 is 1.07 bits per heavy atom.